The Balaban J connectivity index is 2.02. The molecule has 0 bridgehead atoms. The summed E-state index contributed by atoms with van der Waals surface area (Å²) in [7, 11) is 0. The van der Waals surface area contributed by atoms with Crippen LogP contribution in [0.1, 0.15) is 35.2 Å². The maximum absolute atomic E-state index is 12.0. The van der Waals surface area contributed by atoms with Crippen LogP contribution in [0.3, 0.4) is 0 Å². The molecule has 0 saturated heterocycles. The van der Waals surface area contributed by atoms with Crippen molar-refractivity contribution in [2.75, 3.05) is 0 Å². The van der Waals surface area contributed by atoms with Crippen LogP contribution in [-0.4, -0.2) is 16.9 Å². The van der Waals surface area contributed by atoms with Crippen LogP contribution in [0, 0.1) is 5.92 Å². The summed E-state index contributed by atoms with van der Waals surface area (Å²) in [6.07, 6.45) is 2.02. The van der Waals surface area contributed by atoms with Crippen LogP contribution in [0.4, 0.5) is 0 Å². The summed E-state index contributed by atoms with van der Waals surface area (Å²) in [5.41, 5.74) is 1.73. The minimum absolute atomic E-state index is 0.0668. The van der Waals surface area contributed by atoms with Crippen LogP contribution < -0.4 is 0 Å². The number of Topliss-reactive ketones (excluding diaryl/α,β-unsaturated/α-hetero) is 1. The molecule has 0 spiro atoms. The molecule has 0 fully saturated rings. The van der Waals surface area contributed by atoms with Gasteiger partial charge in [0.2, 0.25) is 0 Å². The lowest BCUT2D eigenvalue weighted by Gasteiger charge is -2.05. The van der Waals surface area contributed by atoms with E-state index in [-0.39, 0.29) is 18.1 Å². The first kappa shape index (κ1) is 12.1. The summed E-state index contributed by atoms with van der Waals surface area (Å²) in [6, 6.07) is 5.37. The lowest BCUT2D eigenvalue weighted by atomic mass is 9.98. The number of rotatable bonds is 4. The molecule has 1 aliphatic rings. The normalized spacial score (nSPS) is 18.2. The molecule has 1 N–H and O–H groups in total. The van der Waals surface area contributed by atoms with Crippen molar-refractivity contribution in [3.05, 3.63) is 34.3 Å². The van der Waals surface area contributed by atoms with Crippen LogP contribution in [0.25, 0.3) is 0 Å². The molecule has 17 heavy (non-hydrogen) atoms. The maximum Gasteiger partial charge on any atom is 0.303 e. The quantitative estimate of drug-likeness (QED) is 0.896. The first-order valence-corrected chi connectivity index (χ1v) is 6.00. The van der Waals surface area contributed by atoms with E-state index in [9.17, 15) is 9.59 Å². The van der Waals surface area contributed by atoms with E-state index >= 15 is 0 Å². The topological polar surface area (TPSA) is 54.4 Å². The maximum atomic E-state index is 12.0. The summed E-state index contributed by atoms with van der Waals surface area (Å²) in [6.45, 7) is 0. The lowest BCUT2D eigenvalue weighted by Crippen LogP contribution is -2.09. The van der Waals surface area contributed by atoms with Gasteiger partial charge in [-0.15, -0.1) is 0 Å². The molecule has 1 unspecified atom stereocenters. The van der Waals surface area contributed by atoms with E-state index in [4.69, 9.17) is 16.7 Å². The Hall–Kier alpha value is -1.35. The predicted octanol–water partition coefficient (Wildman–Crippen LogP) is 2.95. The monoisotopic (exact) mass is 252 g/mol. The van der Waals surface area contributed by atoms with Gasteiger partial charge in [-0.3, -0.25) is 9.59 Å². The number of aliphatic carboxylic acids is 1. The summed E-state index contributed by atoms with van der Waals surface area (Å²) >= 11 is 5.85. The zero-order valence-corrected chi connectivity index (χ0v) is 10.0. The van der Waals surface area contributed by atoms with E-state index in [1.54, 1.807) is 12.1 Å². The van der Waals surface area contributed by atoms with Crippen LogP contribution in [0.5, 0.6) is 0 Å². The Bertz CT molecular complexity index is 468. The highest BCUT2D eigenvalue weighted by Crippen LogP contribution is 2.31. The smallest absolute Gasteiger partial charge is 0.303 e. The molecule has 1 aromatic rings. The lowest BCUT2D eigenvalue weighted by molar-refractivity contribution is -0.137. The van der Waals surface area contributed by atoms with Gasteiger partial charge in [0.15, 0.2) is 5.78 Å². The first-order chi connectivity index (χ1) is 8.08. The number of carboxylic acid groups (broad SMARTS) is 1. The molecule has 1 atom stereocenters. The van der Waals surface area contributed by atoms with Crippen LogP contribution in [0.15, 0.2) is 18.2 Å². The Morgan fingerprint density at radius 2 is 2.24 bits per heavy atom. The third kappa shape index (κ3) is 2.67. The molecule has 1 aromatic carbocycles. The number of benzene rings is 1. The van der Waals surface area contributed by atoms with Crippen molar-refractivity contribution in [1.82, 2.24) is 0 Å². The van der Waals surface area contributed by atoms with Gasteiger partial charge < -0.3 is 5.11 Å². The van der Waals surface area contributed by atoms with Gasteiger partial charge in [0.25, 0.3) is 0 Å². The first-order valence-electron chi connectivity index (χ1n) is 5.62. The van der Waals surface area contributed by atoms with Gasteiger partial charge in [0, 0.05) is 22.9 Å². The number of ketones is 1. The van der Waals surface area contributed by atoms with Crippen molar-refractivity contribution in [2.45, 2.75) is 25.7 Å². The number of hydrogen-bond donors (Lipinski definition) is 1. The van der Waals surface area contributed by atoms with Gasteiger partial charge in [-0.2, -0.15) is 0 Å². The Morgan fingerprint density at radius 1 is 1.47 bits per heavy atom. The summed E-state index contributed by atoms with van der Waals surface area (Å²) in [5.74, 6) is -0.772. The molecule has 0 heterocycles. The fourth-order valence-electron chi connectivity index (χ4n) is 2.27. The molecule has 0 aliphatic heterocycles. The Labute approximate surface area is 104 Å². The fraction of sp³-hybridized carbons (Fsp3) is 0.385. The fourth-order valence-corrected chi connectivity index (χ4v) is 2.44. The van der Waals surface area contributed by atoms with Crippen molar-refractivity contribution in [3.8, 4) is 0 Å². The van der Waals surface area contributed by atoms with Gasteiger partial charge in [-0.1, -0.05) is 17.7 Å². The van der Waals surface area contributed by atoms with E-state index in [0.717, 1.165) is 5.56 Å². The minimum atomic E-state index is -0.809. The van der Waals surface area contributed by atoms with Crippen molar-refractivity contribution in [1.29, 1.82) is 0 Å². The Kier molecular flexibility index (Phi) is 3.48. The third-order valence-corrected chi connectivity index (χ3v) is 3.35. The number of carbonyl (C=O) groups is 2. The molecule has 0 aromatic heterocycles. The molecule has 4 heteroatoms. The average molecular weight is 253 g/mol. The molecule has 90 valence electrons. The van der Waals surface area contributed by atoms with Crippen molar-refractivity contribution >= 4 is 23.4 Å². The average Bonchev–Trinajstić information content (AvgIpc) is 2.56. The summed E-state index contributed by atoms with van der Waals surface area (Å²) in [5, 5.41) is 9.13. The van der Waals surface area contributed by atoms with Gasteiger partial charge >= 0.3 is 5.97 Å². The predicted molar refractivity (Wildman–Crippen MR) is 64.5 cm³/mol. The third-order valence-electron chi connectivity index (χ3n) is 3.12. The minimum Gasteiger partial charge on any atom is -0.481 e. The largest absolute Gasteiger partial charge is 0.481 e. The number of halogens is 1. The Morgan fingerprint density at radius 3 is 2.94 bits per heavy atom. The zero-order valence-electron chi connectivity index (χ0n) is 9.28. The van der Waals surface area contributed by atoms with Gasteiger partial charge in [-0.05, 0) is 37.0 Å². The van der Waals surface area contributed by atoms with Crippen molar-refractivity contribution in [3.63, 3.8) is 0 Å². The molecule has 3 nitrogen and oxygen atoms in total. The zero-order chi connectivity index (χ0) is 12.4. The highest BCUT2D eigenvalue weighted by Gasteiger charge is 2.29. The van der Waals surface area contributed by atoms with E-state index < -0.39 is 5.97 Å². The van der Waals surface area contributed by atoms with Crippen molar-refractivity contribution < 1.29 is 14.7 Å². The second-order valence-electron chi connectivity index (χ2n) is 4.35. The molecular formula is C13H13ClO3. The van der Waals surface area contributed by atoms with E-state index in [1.165, 1.54) is 0 Å². The van der Waals surface area contributed by atoms with Crippen LogP contribution in [0.2, 0.25) is 5.02 Å². The second-order valence-corrected chi connectivity index (χ2v) is 4.79. The van der Waals surface area contributed by atoms with Crippen molar-refractivity contribution in [2.24, 2.45) is 5.92 Å². The molecule has 0 radical (unpaired) electrons. The second kappa shape index (κ2) is 4.88. The van der Waals surface area contributed by atoms with E-state index in [0.29, 0.717) is 29.8 Å². The number of hydrogen-bond acceptors (Lipinski definition) is 2. The summed E-state index contributed by atoms with van der Waals surface area (Å²) in [4.78, 5) is 22.4. The standard InChI is InChI=1S/C13H13ClO3/c14-10-5-4-8-6-9(2-1-3-12(15)16)13(17)11(8)7-10/h4-5,7,9H,1-3,6H2,(H,15,16). The molecule has 0 saturated carbocycles. The van der Waals surface area contributed by atoms with Crippen LogP contribution >= 0.6 is 11.6 Å². The number of fused-ring (bicyclic) bond motifs is 1. The summed E-state index contributed by atoms with van der Waals surface area (Å²) < 4.78 is 0. The van der Waals surface area contributed by atoms with Crippen LogP contribution in [-0.2, 0) is 11.2 Å². The molecule has 0 amide bonds. The number of carbonyl (C=O) groups excluding carboxylic acids is 1. The number of carboxylic acids is 1. The van der Waals surface area contributed by atoms with Gasteiger partial charge in [-0.25, -0.2) is 0 Å². The SMILES string of the molecule is O=C(O)CCCC1Cc2ccc(Cl)cc2C1=O. The van der Waals surface area contributed by atoms with Gasteiger partial charge in [0.05, 0.1) is 0 Å². The highest BCUT2D eigenvalue weighted by molar-refractivity contribution is 6.31. The highest BCUT2D eigenvalue weighted by atomic mass is 35.5. The van der Waals surface area contributed by atoms with E-state index in [1.807, 2.05) is 6.07 Å². The molecular weight excluding hydrogens is 240 g/mol. The van der Waals surface area contributed by atoms with E-state index in [2.05, 4.69) is 0 Å². The van der Waals surface area contributed by atoms with Gasteiger partial charge in [0.1, 0.15) is 0 Å². The molecule has 2 rings (SSSR count). The molecule has 1 aliphatic carbocycles.